The van der Waals surface area contributed by atoms with E-state index in [9.17, 15) is 31.5 Å². The maximum atomic E-state index is 16.1. The van der Waals surface area contributed by atoms with Gasteiger partial charge in [0.15, 0.2) is 8.32 Å². The van der Waals surface area contributed by atoms with Crippen molar-refractivity contribution < 1.29 is 45.0 Å². The fourth-order valence-electron chi connectivity index (χ4n) is 11.1. The number of aliphatic hydroxyl groups excluding tert-OH is 1. The lowest BCUT2D eigenvalue weighted by Gasteiger charge is -2.66. The minimum absolute atomic E-state index is 0.00179. The molecule has 278 valence electrons. The third kappa shape index (κ3) is 7.60. The van der Waals surface area contributed by atoms with Crippen LogP contribution in [-0.4, -0.2) is 52.5 Å². The summed E-state index contributed by atoms with van der Waals surface area (Å²) in [6.07, 6.45) is -0.521. The number of sulfonamides is 1. The van der Waals surface area contributed by atoms with Crippen LogP contribution in [0.25, 0.3) is 0 Å². The molecule has 5 rings (SSSR count). The molecule has 1 amide bonds. The number of aliphatic hydroxyl groups is 1. The first kappa shape index (κ1) is 38.5. The first-order valence-electron chi connectivity index (χ1n) is 18.0. The van der Waals surface area contributed by atoms with E-state index in [0.29, 0.717) is 30.6 Å². The molecule has 12 atom stereocenters. The van der Waals surface area contributed by atoms with Crippen LogP contribution in [0, 0.1) is 52.3 Å². The Labute approximate surface area is 290 Å². The van der Waals surface area contributed by atoms with Crippen molar-refractivity contribution in [2.45, 2.75) is 135 Å². The molecular weight excluding hydrogens is 679 g/mol. The Morgan fingerprint density at radius 1 is 1.04 bits per heavy atom. The molecule has 1 aromatic rings. The number of halogens is 4. The van der Waals surface area contributed by atoms with Crippen molar-refractivity contribution >= 4 is 24.2 Å². The van der Waals surface area contributed by atoms with Crippen molar-refractivity contribution in [1.82, 2.24) is 4.72 Å². The minimum atomic E-state index is -4.90. The SMILES string of the molecule is CC[C@@H]1[C@@H]2[C@@H](F)[C@H](O)CC[C@]2(C)C2CC[C@@]3(C)C(CCC3[C@H](C)CCC(=O)NS(=O)(=O)c3ccc(OC(F)(F)F)cc3)C2[C@@H]1O[Si](C)(C)C. The molecule has 2 N–H and O–H groups in total. The lowest BCUT2D eigenvalue weighted by molar-refractivity contribution is -0.274. The summed E-state index contributed by atoms with van der Waals surface area (Å²) in [7, 11) is -6.29. The number of alkyl halides is 4. The molecule has 1 aromatic carbocycles. The fourth-order valence-corrected chi connectivity index (χ4v) is 13.3. The summed E-state index contributed by atoms with van der Waals surface area (Å²) in [4.78, 5) is 12.6. The van der Waals surface area contributed by atoms with Crippen molar-refractivity contribution in [3.05, 3.63) is 24.3 Å². The number of hydrogen-bond acceptors (Lipinski definition) is 6. The summed E-state index contributed by atoms with van der Waals surface area (Å²) in [6.45, 7) is 15.6. The van der Waals surface area contributed by atoms with Crippen molar-refractivity contribution in [2.24, 2.45) is 52.3 Å². The number of hydrogen-bond donors (Lipinski definition) is 2. The highest BCUT2D eigenvalue weighted by molar-refractivity contribution is 7.90. The maximum Gasteiger partial charge on any atom is 0.573 e. The van der Waals surface area contributed by atoms with Crippen LogP contribution in [0.1, 0.15) is 85.5 Å². The quantitative estimate of drug-likeness (QED) is 0.186. The summed E-state index contributed by atoms with van der Waals surface area (Å²) < 4.78 is 92.1. The van der Waals surface area contributed by atoms with Crippen LogP contribution in [0.15, 0.2) is 29.2 Å². The summed E-state index contributed by atoms with van der Waals surface area (Å²) in [5, 5.41) is 10.7. The topological polar surface area (TPSA) is 102 Å². The number of benzene rings is 1. The monoisotopic (exact) mass is 733 g/mol. The van der Waals surface area contributed by atoms with Gasteiger partial charge in [-0.25, -0.2) is 17.5 Å². The maximum absolute atomic E-state index is 16.1. The second kappa shape index (κ2) is 13.7. The molecule has 0 heterocycles. The Hall–Kier alpha value is -1.70. The number of fused-ring (bicyclic) bond motifs is 5. The number of rotatable bonds is 10. The molecule has 4 aliphatic carbocycles. The van der Waals surface area contributed by atoms with Gasteiger partial charge < -0.3 is 14.3 Å². The highest BCUT2D eigenvalue weighted by Gasteiger charge is 2.67. The molecule has 4 aliphatic rings. The predicted molar refractivity (Wildman–Crippen MR) is 181 cm³/mol. The van der Waals surface area contributed by atoms with E-state index in [2.05, 4.69) is 56.8 Å². The van der Waals surface area contributed by atoms with Crippen LogP contribution in [-0.2, 0) is 19.2 Å². The third-order valence-corrected chi connectivity index (χ3v) is 15.4. The van der Waals surface area contributed by atoms with Crippen LogP contribution in [0.2, 0.25) is 19.6 Å². The zero-order chi connectivity index (χ0) is 36.3. The van der Waals surface area contributed by atoms with Crippen LogP contribution in [0.3, 0.4) is 0 Å². The normalized spacial score (nSPS) is 38.6. The molecule has 13 heteroatoms. The average Bonchev–Trinajstić information content (AvgIpc) is 3.34. The summed E-state index contributed by atoms with van der Waals surface area (Å²) in [5.74, 6) is 0.0302. The Bertz CT molecular complexity index is 1450. The van der Waals surface area contributed by atoms with Gasteiger partial charge in [0.1, 0.15) is 11.9 Å². The van der Waals surface area contributed by atoms with Crippen LogP contribution >= 0.6 is 0 Å². The fraction of sp³-hybridized carbons (Fsp3) is 0.806. The molecule has 4 unspecified atom stereocenters. The van der Waals surface area contributed by atoms with E-state index >= 15 is 4.39 Å². The van der Waals surface area contributed by atoms with Crippen molar-refractivity contribution in [2.75, 3.05) is 0 Å². The Balaban J connectivity index is 1.30. The highest BCUT2D eigenvalue weighted by Crippen LogP contribution is 2.70. The van der Waals surface area contributed by atoms with Gasteiger partial charge in [0.05, 0.1) is 17.1 Å². The van der Waals surface area contributed by atoms with Crippen LogP contribution in [0.5, 0.6) is 5.75 Å². The van der Waals surface area contributed by atoms with E-state index in [-0.39, 0.29) is 51.9 Å². The predicted octanol–water partition coefficient (Wildman–Crippen LogP) is 8.24. The molecule has 49 heavy (non-hydrogen) atoms. The number of ether oxygens (including phenoxy) is 1. The van der Waals surface area contributed by atoms with Gasteiger partial charge in [-0.05, 0) is 135 Å². The third-order valence-electron chi connectivity index (χ3n) is 13.1. The molecule has 0 spiro atoms. The highest BCUT2D eigenvalue weighted by atomic mass is 32.2. The lowest BCUT2D eigenvalue weighted by atomic mass is 9.41. The zero-order valence-corrected chi connectivity index (χ0v) is 31.7. The van der Waals surface area contributed by atoms with Gasteiger partial charge in [-0.2, -0.15) is 0 Å². The number of carbonyl (C=O) groups excluding carboxylic acids is 1. The average molecular weight is 734 g/mol. The Morgan fingerprint density at radius 3 is 2.24 bits per heavy atom. The summed E-state index contributed by atoms with van der Waals surface area (Å²) >= 11 is 0. The van der Waals surface area contributed by atoms with Gasteiger partial charge >= 0.3 is 6.36 Å². The van der Waals surface area contributed by atoms with Crippen molar-refractivity contribution in [3.8, 4) is 5.75 Å². The number of carbonyl (C=O) groups is 1. The Morgan fingerprint density at radius 2 is 1.65 bits per heavy atom. The van der Waals surface area contributed by atoms with Crippen LogP contribution in [0.4, 0.5) is 17.6 Å². The first-order valence-corrected chi connectivity index (χ1v) is 22.9. The van der Waals surface area contributed by atoms with Crippen molar-refractivity contribution in [1.29, 1.82) is 0 Å². The molecular formula is C36H55F4NO6SSi. The molecule has 4 fully saturated rings. The van der Waals surface area contributed by atoms with E-state index in [0.717, 1.165) is 62.8 Å². The van der Waals surface area contributed by atoms with E-state index < -0.39 is 48.6 Å². The molecule has 0 bridgehead atoms. The molecule has 0 radical (unpaired) electrons. The van der Waals surface area contributed by atoms with Gasteiger partial charge in [0, 0.05) is 12.3 Å². The van der Waals surface area contributed by atoms with Crippen molar-refractivity contribution in [3.63, 3.8) is 0 Å². The van der Waals surface area contributed by atoms with Crippen LogP contribution < -0.4 is 9.46 Å². The standard InChI is InChI=1S/C36H55F4NO6SSi/c1-8-24-31-32(37)28(42)18-20-35(31,4)27-17-19-34(3)25(14-15-26(34)30(27)33(24)47-49(5,6)7)21(2)9-16-29(43)41-48(44,45)23-12-10-22(11-13-23)46-36(38,39)40/h10-13,21,24-28,30-33,42H,8-9,14-20H2,1-7H3,(H,41,43)/t21-,24-,25?,26?,27?,28-,30?,31-,32+,33-,34-,35-/m1/s1. The largest absolute Gasteiger partial charge is 0.573 e. The lowest BCUT2D eigenvalue weighted by Crippen LogP contribution is -2.66. The zero-order valence-electron chi connectivity index (χ0n) is 29.9. The first-order chi connectivity index (χ1) is 22.6. The van der Waals surface area contributed by atoms with Gasteiger partial charge in [0.25, 0.3) is 10.0 Å². The molecule has 4 saturated carbocycles. The number of amides is 1. The molecule has 7 nitrogen and oxygen atoms in total. The molecule has 0 aliphatic heterocycles. The van der Waals surface area contributed by atoms with E-state index in [1.54, 1.807) is 0 Å². The van der Waals surface area contributed by atoms with Gasteiger partial charge in [0.2, 0.25) is 5.91 Å². The summed E-state index contributed by atoms with van der Waals surface area (Å²) in [5.41, 5.74) is -0.210. The second-order valence-corrected chi connectivity index (χ2v) is 23.1. The Kier molecular flexibility index (Phi) is 10.8. The molecule has 0 aromatic heterocycles. The van der Waals surface area contributed by atoms with Gasteiger partial charge in [-0.1, -0.05) is 34.1 Å². The van der Waals surface area contributed by atoms with E-state index in [1.807, 2.05) is 0 Å². The van der Waals surface area contributed by atoms with Gasteiger partial charge in [-0.15, -0.1) is 13.2 Å². The van der Waals surface area contributed by atoms with E-state index in [4.69, 9.17) is 4.43 Å². The molecule has 0 saturated heterocycles. The van der Waals surface area contributed by atoms with Gasteiger partial charge in [-0.3, -0.25) is 4.79 Å². The smallest absolute Gasteiger partial charge is 0.414 e. The van der Waals surface area contributed by atoms with E-state index in [1.165, 1.54) is 0 Å². The minimum Gasteiger partial charge on any atom is -0.414 e. The second-order valence-electron chi connectivity index (χ2n) is 16.9. The number of nitrogens with one attached hydrogen (secondary N) is 1. The summed E-state index contributed by atoms with van der Waals surface area (Å²) in [6, 6.07) is 3.72.